The zero-order valence-electron chi connectivity index (χ0n) is 25.7. The molecule has 3 aromatic carbocycles. The molecule has 0 bridgehead atoms. The molecule has 2 N–H and O–H groups in total. The van der Waals surface area contributed by atoms with Crippen LogP contribution in [0.5, 0.6) is 0 Å². The van der Waals surface area contributed by atoms with Crippen LogP contribution in [-0.2, 0) is 16.6 Å². The fourth-order valence-corrected chi connectivity index (χ4v) is 7.38. The molecule has 0 radical (unpaired) electrons. The van der Waals surface area contributed by atoms with Gasteiger partial charge < -0.3 is 25.4 Å². The van der Waals surface area contributed by atoms with Crippen molar-refractivity contribution in [2.75, 3.05) is 39.8 Å². The summed E-state index contributed by atoms with van der Waals surface area (Å²) < 4.78 is 27.9. The number of halogens is 1. The van der Waals surface area contributed by atoms with Gasteiger partial charge in [0.05, 0.1) is 4.90 Å². The summed E-state index contributed by atoms with van der Waals surface area (Å²) in [5, 5.41) is 12.4. The Morgan fingerprint density at radius 1 is 1.02 bits per heavy atom. The molecular formula is C34H42ClN4O5S-. The summed E-state index contributed by atoms with van der Waals surface area (Å²) in [4.78, 5) is 27.0. The number of amides is 2. The number of primary amides is 1. The first-order valence-corrected chi connectivity index (χ1v) is 17.2. The van der Waals surface area contributed by atoms with Gasteiger partial charge in [-0.25, -0.2) is 12.7 Å². The van der Waals surface area contributed by atoms with Gasteiger partial charge in [0, 0.05) is 37.3 Å². The normalized spacial score (nSPS) is 15.2. The van der Waals surface area contributed by atoms with E-state index in [4.69, 9.17) is 17.3 Å². The molecule has 0 aliphatic carbocycles. The number of nitrogens with two attached hydrogens (primary N) is 1. The Morgan fingerprint density at radius 3 is 2.33 bits per heavy atom. The van der Waals surface area contributed by atoms with E-state index in [2.05, 4.69) is 4.90 Å². The highest BCUT2D eigenvalue weighted by Crippen LogP contribution is 2.28. The summed E-state index contributed by atoms with van der Waals surface area (Å²) in [5.41, 5.74) is 7.46. The first-order chi connectivity index (χ1) is 21.5. The molecular weight excluding hydrogens is 612 g/mol. The minimum absolute atomic E-state index is 0.0208. The number of carbonyl (C=O) groups is 2. The summed E-state index contributed by atoms with van der Waals surface area (Å²) in [6.07, 6.45) is 3.33. The van der Waals surface area contributed by atoms with Crippen LogP contribution in [0.2, 0.25) is 5.02 Å². The molecule has 9 nitrogen and oxygen atoms in total. The van der Waals surface area contributed by atoms with Crippen molar-refractivity contribution < 1.29 is 23.1 Å². The number of carboxylic acid groups (broad SMARTS) is 1. The van der Waals surface area contributed by atoms with Crippen molar-refractivity contribution in [3.05, 3.63) is 101 Å². The smallest absolute Gasteiger partial charge is 0.248 e. The average Bonchev–Trinajstić information content (AvgIpc) is 3.03. The van der Waals surface area contributed by atoms with Crippen LogP contribution in [-0.4, -0.2) is 74.3 Å². The number of piperidine rings is 1. The van der Waals surface area contributed by atoms with Gasteiger partial charge in [0.15, 0.2) is 0 Å². The summed E-state index contributed by atoms with van der Waals surface area (Å²) in [6, 6.07) is 22.8. The highest BCUT2D eigenvalue weighted by Gasteiger charge is 2.26. The molecule has 0 saturated carbocycles. The lowest BCUT2D eigenvalue weighted by molar-refractivity contribution is -0.266. The van der Waals surface area contributed by atoms with E-state index in [9.17, 15) is 23.1 Å². The molecule has 1 fully saturated rings. The Kier molecular flexibility index (Phi) is 12.4. The summed E-state index contributed by atoms with van der Waals surface area (Å²) >= 11 is 6.31. The van der Waals surface area contributed by atoms with Crippen LogP contribution in [0, 0.1) is 5.92 Å². The largest absolute Gasteiger partial charge is 0.530 e. The Morgan fingerprint density at radius 2 is 1.71 bits per heavy atom. The van der Waals surface area contributed by atoms with Crippen molar-refractivity contribution in [2.24, 2.45) is 11.7 Å². The van der Waals surface area contributed by atoms with Crippen LogP contribution < -0.4 is 10.8 Å². The Bertz CT molecular complexity index is 1510. The third-order valence-electron chi connectivity index (χ3n) is 8.66. The highest BCUT2D eigenvalue weighted by atomic mass is 35.5. The average molecular weight is 654 g/mol. The second-order valence-corrected chi connectivity index (χ2v) is 14.3. The van der Waals surface area contributed by atoms with E-state index in [-0.39, 0.29) is 17.4 Å². The number of nitrogens with zero attached hydrogens (tertiary/aromatic N) is 3. The van der Waals surface area contributed by atoms with Gasteiger partial charge in [0.25, 0.3) is 0 Å². The number of hydrogen-bond donors (Lipinski definition) is 1. The third kappa shape index (κ3) is 10.0. The molecule has 1 heterocycles. The maximum atomic E-state index is 13.2. The lowest BCUT2D eigenvalue weighted by Gasteiger charge is -2.34. The molecule has 4 rings (SSSR count). The lowest BCUT2D eigenvalue weighted by atomic mass is 9.91. The van der Waals surface area contributed by atoms with Gasteiger partial charge in [-0.15, -0.1) is 0 Å². The Labute approximate surface area is 271 Å². The van der Waals surface area contributed by atoms with E-state index in [1.807, 2.05) is 24.3 Å². The van der Waals surface area contributed by atoms with E-state index in [1.54, 1.807) is 61.6 Å². The molecule has 1 saturated heterocycles. The van der Waals surface area contributed by atoms with Crippen molar-refractivity contribution in [1.29, 1.82) is 0 Å². The number of likely N-dealkylation sites (N-methyl/N-ethyl adjacent to an activating group) is 1. The van der Waals surface area contributed by atoms with Crippen molar-refractivity contribution >= 4 is 33.6 Å². The maximum absolute atomic E-state index is 13.2. The van der Waals surface area contributed by atoms with Gasteiger partial charge in [0.1, 0.15) is 6.09 Å². The molecule has 1 atom stereocenters. The van der Waals surface area contributed by atoms with Crippen LogP contribution in [0.4, 0.5) is 4.79 Å². The number of rotatable bonds is 15. The fourth-order valence-electron chi connectivity index (χ4n) is 5.94. The van der Waals surface area contributed by atoms with E-state index >= 15 is 0 Å². The number of sulfonamides is 1. The summed E-state index contributed by atoms with van der Waals surface area (Å²) in [6.45, 7) is 3.67. The minimum Gasteiger partial charge on any atom is -0.530 e. The third-order valence-corrected chi connectivity index (χ3v) is 10.7. The molecule has 11 heteroatoms. The topological polar surface area (TPSA) is 127 Å². The predicted molar refractivity (Wildman–Crippen MR) is 174 cm³/mol. The van der Waals surface area contributed by atoms with E-state index in [1.165, 1.54) is 9.21 Å². The van der Waals surface area contributed by atoms with Crippen LogP contribution in [0.15, 0.2) is 83.8 Å². The van der Waals surface area contributed by atoms with Crippen molar-refractivity contribution in [3.8, 4) is 0 Å². The van der Waals surface area contributed by atoms with Gasteiger partial charge >= 0.3 is 0 Å². The van der Waals surface area contributed by atoms with E-state index in [0.29, 0.717) is 29.6 Å². The van der Waals surface area contributed by atoms with E-state index < -0.39 is 22.0 Å². The zero-order valence-corrected chi connectivity index (χ0v) is 27.3. The molecule has 1 aliphatic heterocycles. The second kappa shape index (κ2) is 16.2. The molecule has 1 aliphatic rings. The Balaban J connectivity index is 1.26. The lowest BCUT2D eigenvalue weighted by Crippen LogP contribution is -2.41. The highest BCUT2D eigenvalue weighted by molar-refractivity contribution is 7.89. The monoisotopic (exact) mass is 653 g/mol. The first-order valence-electron chi connectivity index (χ1n) is 15.4. The van der Waals surface area contributed by atoms with Gasteiger partial charge in [-0.1, -0.05) is 54.1 Å². The quantitative estimate of drug-likeness (QED) is 0.256. The molecule has 2 amide bonds. The number of carbonyl (C=O) groups excluding carboxylic acids is 2. The second-order valence-electron chi connectivity index (χ2n) is 11.8. The van der Waals surface area contributed by atoms with Gasteiger partial charge in [-0.3, -0.25) is 4.79 Å². The number of benzene rings is 3. The van der Waals surface area contributed by atoms with Gasteiger partial charge in [0.2, 0.25) is 15.9 Å². The minimum atomic E-state index is -3.62. The predicted octanol–water partition coefficient (Wildman–Crippen LogP) is 4.57. The fraction of sp³-hybridized carbons (Fsp3) is 0.412. The van der Waals surface area contributed by atoms with Crippen molar-refractivity contribution in [1.82, 2.24) is 14.1 Å². The maximum Gasteiger partial charge on any atom is 0.248 e. The SMILES string of the molecule is CN(C[C@@H](CCN1CCC(CCCN(Cc2ccc(C(N)=O)cc2)C(=O)[O-])CC1)c1cccc(Cl)c1)S(=O)(=O)c1ccccc1. The van der Waals surface area contributed by atoms with E-state index in [0.717, 1.165) is 62.9 Å². The molecule has 3 aromatic rings. The zero-order chi connectivity index (χ0) is 32.4. The van der Waals surface area contributed by atoms with Gasteiger partial charge in [-0.05, 0) is 111 Å². The molecule has 0 aromatic heterocycles. The van der Waals surface area contributed by atoms with Crippen LogP contribution in [0.3, 0.4) is 0 Å². The molecule has 242 valence electrons. The van der Waals surface area contributed by atoms with Crippen LogP contribution in [0.25, 0.3) is 0 Å². The summed E-state index contributed by atoms with van der Waals surface area (Å²) in [5.74, 6) is -0.0229. The van der Waals surface area contributed by atoms with Crippen molar-refractivity contribution in [3.63, 3.8) is 0 Å². The molecule has 0 spiro atoms. The molecule has 0 unspecified atom stereocenters. The summed E-state index contributed by atoms with van der Waals surface area (Å²) in [7, 11) is -1.99. The Hall–Kier alpha value is -3.44. The van der Waals surface area contributed by atoms with Crippen LogP contribution in [0.1, 0.15) is 59.5 Å². The number of likely N-dealkylation sites (tertiary alicyclic amines) is 1. The van der Waals surface area contributed by atoms with Crippen LogP contribution >= 0.6 is 11.6 Å². The standard InChI is InChI=1S/C34H43ClN4O5S/c1-37(45(43,44)32-10-3-2-4-11-32)25-30(29-8-5-9-31(35)23-29)18-22-38-20-16-26(17-21-38)7-6-19-39(34(41)42)24-27-12-14-28(15-13-27)33(36)40/h2-5,8-15,23,26,30H,6-7,16-22,24-25H2,1H3,(H2,36,40)(H,41,42)/p-1/t30-/m1/s1. The number of hydrogen-bond acceptors (Lipinski definition) is 6. The first kappa shape index (κ1) is 34.4. The van der Waals surface area contributed by atoms with Crippen molar-refractivity contribution in [2.45, 2.75) is 49.5 Å². The molecule has 45 heavy (non-hydrogen) atoms. The van der Waals surface area contributed by atoms with Gasteiger partial charge in [-0.2, -0.15) is 0 Å².